The van der Waals surface area contributed by atoms with Gasteiger partial charge < -0.3 is 23.7 Å². The molecule has 46 heavy (non-hydrogen) atoms. The van der Waals surface area contributed by atoms with Gasteiger partial charge in [0, 0.05) is 13.2 Å². The molecule has 3 aromatic rings. The maximum Gasteiger partial charge on any atom is 0.343 e. The molecule has 1 aliphatic rings. The third kappa shape index (κ3) is 12.6. The number of hydrogen-bond acceptors (Lipinski definition) is 7. The number of rotatable bonds is 19. The van der Waals surface area contributed by atoms with E-state index in [1.54, 1.807) is 61.5 Å². The Labute approximate surface area is 274 Å². The summed E-state index contributed by atoms with van der Waals surface area (Å²) >= 11 is 0. The third-order valence-electron chi connectivity index (χ3n) is 8.19. The zero-order chi connectivity index (χ0) is 32.4. The van der Waals surface area contributed by atoms with Crippen molar-refractivity contribution in [2.75, 3.05) is 19.8 Å². The van der Waals surface area contributed by atoms with Crippen molar-refractivity contribution >= 4 is 11.9 Å². The van der Waals surface area contributed by atoms with Crippen LogP contribution in [-0.4, -0.2) is 38.0 Å². The number of carbonyl (C=O) groups is 2. The van der Waals surface area contributed by atoms with E-state index in [0.717, 1.165) is 50.2 Å². The molecule has 7 nitrogen and oxygen atoms in total. The van der Waals surface area contributed by atoms with E-state index in [4.69, 9.17) is 23.7 Å². The Bertz CT molecular complexity index is 1330. The van der Waals surface area contributed by atoms with Crippen molar-refractivity contribution in [2.45, 2.75) is 104 Å². The number of hydrogen-bond donors (Lipinski definition) is 0. The molecule has 0 N–H and O–H groups in total. The predicted octanol–water partition coefficient (Wildman–Crippen LogP) is 9.56. The third-order valence-corrected chi connectivity index (χ3v) is 8.19. The van der Waals surface area contributed by atoms with Crippen LogP contribution in [-0.2, 0) is 9.47 Å². The van der Waals surface area contributed by atoms with Gasteiger partial charge in [0.05, 0.1) is 17.7 Å². The van der Waals surface area contributed by atoms with Crippen molar-refractivity contribution < 1.29 is 33.3 Å². The predicted molar refractivity (Wildman–Crippen MR) is 180 cm³/mol. The molecule has 1 aliphatic heterocycles. The van der Waals surface area contributed by atoms with Crippen molar-refractivity contribution in [1.82, 2.24) is 0 Å². The van der Waals surface area contributed by atoms with Crippen LogP contribution in [0.3, 0.4) is 0 Å². The zero-order valence-corrected chi connectivity index (χ0v) is 27.6. The molecular weight excluding hydrogens is 580 g/mol. The first kappa shape index (κ1) is 35.2. The summed E-state index contributed by atoms with van der Waals surface area (Å²) in [5.74, 6) is 0.637. The van der Waals surface area contributed by atoms with Gasteiger partial charge in [0.1, 0.15) is 17.2 Å². The van der Waals surface area contributed by atoms with Crippen LogP contribution in [0.4, 0.5) is 0 Å². The minimum Gasteiger partial charge on any atom is -0.494 e. The molecule has 0 bridgehead atoms. The van der Waals surface area contributed by atoms with E-state index in [1.165, 1.54) is 57.8 Å². The van der Waals surface area contributed by atoms with E-state index in [9.17, 15) is 9.59 Å². The smallest absolute Gasteiger partial charge is 0.343 e. The Morgan fingerprint density at radius 2 is 1.22 bits per heavy atom. The quantitative estimate of drug-likeness (QED) is 0.0741. The van der Waals surface area contributed by atoms with Crippen LogP contribution in [0.25, 0.3) is 0 Å². The molecular formula is C39H50O7. The Morgan fingerprint density at radius 3 is 1.83 bits per heavy atom. The molecule has 7 heteroatoms. The van der Waals surface area contributed by atoms with Crippen molar-refractivity contribution in [3.8, 4) is 17.2 Å². The maximum absolute atomic E-state index is 12.7. The van der Waals surface area contributed by atoms with E-state index in [1.807, 2.05) is 19.1 Å². The molecule has 248 valence electrons. The second-order valence-corrected chi connectivity index (χ2v) is 12.1. The van der Waals surface area contributed by atoms with Gasteiger partial charge in [-0.25, -0.2) is 9.59 Å². The number of carbonyl (C=O) groups excluding carboxylic acids is 2. The first-order valence-electron chi connectivity index (χ1n) is 17.1. The summed E-state index contributed by atoms with van der Waals surface area (Å²) in [5.41, 5.74) is 2.66. The van der Waals surface area contributed by atoms with Crippen LogP contribution in [0.5, 0.6) is 17.2 Å². The number of unbranched alkanes of at least 4 members (excludes halogenated alkanes) is 9. The number of ether oxygens (including phenoxy) is 5. The van der Waals surface area contributed by atoms with E-state index < -0.39 is 11.9 Å². The number of esters is 2. The van der Waals surface area contributed by atoms with Gasteiger partial charge in [0.2, 0.25) is 0 Å². The molecule has 0 radical (unpaired) electrons. The molecule has 0 amide bonds. The molecule has 0 aliphatic carbocycles. The van der Waals surface area contributed by atoms with E-state index in [2.05, 4.69) is 0 Å². The van der Waals surface area contributed by atoms with E-state index in [-0.39, 0.29) is 6.29 Å². The van der Waals surface area contributed by atoms with Crippen molar-refractivity contribution in [1.29, 1.82) is 0 Å². The Kier molecular flexibility index (Phi) is 15.1. The fourth-order valence-electron chi connectivity index (χ4n) is 5.37. The van der Waals surface area contributed by atoms with Crippen molar-refractivity contribution in [3.05, 3.63) is 89.0 Å². The van der Waals surface area contributed by atoms with Gasteiger partial charge >= 0.3 is 11.9 Å². The summed E-state index contributed by atoms with van der Waals surface area (Å²) in [6.07, 6.45) is 15.8. The molecule has 1 fully saturated rings. The Morgan fingerprint density at radius 1 is 0.652 bits per heavy atom. The monoisotopic (exact) mass is 630 g/mol. The van der Waals surface area contributed by atoms with Crippen LogP contribution >= 0.6 is 0 Å². The van der Waals surface area contributed by atoms with Gasteiger partial charge in [-0.3, -0.25) is 0 Å². The average molecular weight is 631 g/mol. The molecule has 1 unspecified atom stereocenters. The van der Waals surface area contributed by atoms with Gasteiger partial charge in [0.25, 0.3) is 0 Å². The normalized spacial score (nSPS) is 14.5. The highest BCUT2D eigenvalue weighted by molar-refractivity contribution is 5.92. The highest BCUT2D eigenvalue weighted by Crippen LogP contribution is 2.25. The van der Waals surface area contributed by atoms with Crippen LogP contribution in [0.2, 0.25) is 0 Å². The van der Waals surface area contributed by atoms with Crippen LogP contribution < -0.4 is 14.2 Å². The molecule has 0 aromatic heterocycles. The lowest BCUT2D eigenvalue weighted by atomic mass is 10.1. The van der Waals surface area contributed by atoms with Gasteiger partial charge in [-0.1, -0.05) is 69.1 Å². The standard InChI is InChI=1S/C39H50O7/c1-30-16-18-32(19-17-30)38(40)45-35-24-25-36(31(2)29-35)46-39(41)33-20-22-34(23-21-33)42-26-12-9-7-5-3-4-6-8-10-13-27-43-37-15-11-14-28-44-37/h16-25,29,37H,3-15,26-28H2,1-2H3. The van der Waals surface area contributed by atoms with Crippen molar-refractivity contribution in [3.63, 3.8) is 0 Å². The SMILES string of the molecule is Cc1ccc(C(=O)Oc2ccc(OC(=O)c3ccc(OCCCCCCCCCCCCOC4CCCCO4)cc3)c(C)c2)cc1. The summed E-state index contributed by atoms with van der Waals surface area (Å²) < 4.78 is 28.4. The molecule has 1 heterocycles. The second kappa shape index (κ2) is 19.7. The number of aryl methyl sites for hydroxylation is 2. The highest BCUT2D eigenvalue weighted by Gasteiger charge is 2.14. The molecule has 4 rings (SSSR count). The Balaban J connectivity index is 1.03. The fraction of sp³-hybridized carbons (Fsp3) is 0.487. The second-order valence-electron chi connectivity index (χ2n) is 12.1. The van der Waals surface area contributed by atoms with Gasteiger partial charge in [-0.05, 0) is 106 Å². The zero-order valence-electron chi connectivity index (χ0n) is 27.6. The summed E-state index contributed by atoms with van der Waals surface area (Å²) in [7, 11) is 0. The molecule has 1 saturated heterocycles. The minimum atomic E-state index is -0.460. The summed E-state index contributed by atoms with van der Waals surface area (Å²) in [6, 6.07) is 19.1. The summed E-state index contributed by atoms with van der Waals surface area (Å²) in [6.45, 7) is 6.11. The largest absolute Gasteiger partial charge is 0.494 e. The Hall–Kier alpha value is -3.68. The molecule has 3 aromatic carbocycles. The average Bonchev–Trinajstić information content (AvgIpc) is 3.07. The van der Waals surface area contributed by atoms with E-state index in [0.29, 0.717) is 34.8 Å². The topological polar surface area (TPSA) is 80.3 Å². The van der Waals surface area contributed by atoms with Crippen LogP contribution in [0, 0.1) is 13.8 Å². The molecule has 0 spiro atoms. The van der Waals surface area contributed by atoms with E-state index >= 15 is 0 Å². The molecule has 1 atom stereocenters. The highest BCUT2D eigenvalue weighted by atomic mass is 16.7. The summed E-state index contributed by atoms with van der Waals surface area (Å²) in [5, 5.41) is 0. The minimum absolute atomic E-state index is 0.0454. The van der Waals surface area contributed by atoms with Gasteiger partial charge in [-0.2, -0.15) is 0 Å². The van der Waals surface area contributed by atoms with Gasteiger partial charge in [0.15, 0.2) is 6.29 Å². The van der Waals surface area contributed by atoms with Crippen LogP contribution in [0.1, 0.15) is 115 Å². The fourth-order valence-corrected chi connectivity index (χ4v) is 5.37. The lowest BCUT2D eigenvalue weighted by Gasteiger charge is -2.22. The van der Waals surface area contributed by atoms with Crippen LogP contribution in [0.15, 0.2) is 66.7 Å². The first-order chi connectivity index (χ1) is 22.5. The lowest BCUT2D eigenvalue weighted by Crippen LogP contribution is -2.22. The first-order valence-corrected chi connectivity index (χ1v) is 17.1. The van der Waals surface area contributed by atoms with Gasteiger partial charge in [-0.15, -0.1) is 0 Å². The summed E-state index contributed by atoms with van der Waals surface area (Å²) in [4.78, 5) is 25.1. The lowest BCUT2D eigenvalue weighted by molar-refractivity contribution is -0.162. The maximum atomic E-state index is 12.7. The molecule has 0 saturated carbocycles. The number of benzene rings is 3. The van der Waals surface area contributed by atoms with Crippen molar-refractivity contribution in [2.24, 2.45) is 0 Å².